The lowest BCUT2D eigenvalue weighted by molar-refractivity contribution is -0.172. The van der Waals surface area contributed by atoms with Crippen molar-refractivity contribution in [3.05, 3.63) is 11.6 Å². The highest BCUT2D eigenvalue weighted by molar-refractivity contribution is 5.94. The standard InChI is InChI=1S/C9H11F4NO/c1-14-8(15)6-3-2-5(10)4-7(6)9(11,12)13/h3,5,7H,2,4H2,1H3,(H,14,15). The molecule has 0 aromatic rings. The molecule has 86 valence electrons. The Labute approximate surface area is 84.3 Å². The van der Waals surface area contributed by atoms with E-state index in [1.807, 2.05) is 0 Å². The average molecular weight is 225 g/mol. The van der Waals surface area contributed by atoms with Gasteiger partial charge in [-0.3, -0.25) is 4.79 Å². The number of allylic oxidation sites excluding steroid dienone is 1. The smallest absolute Gasteiger partial charge is 0.355 e. The molecule has 1 N–H and O–H groups in total. The van der Waals surface area contributed by atoms with Crippen molar-refractivity contribution in [2.45, 2.75) is 25.2 Å². The van der Waals surface area contributed by atoms with Gasteiger partial charge in [-0.1, -0.05) is 6.08 Å². The van der Waals surface area contributed by atoms with E-state index in [4.69, 9.17) is 0 Å². The topological polar surface area (TPSA) is 29.1 Å². The Kier molecular flexibility index (Phi) is 3.36. The first kappa shape index (κ1) is 12.0. The molecule has 15 heavy (non-hydrogen) atoms. The normalized spacial score (nSPS) is 27.1. The lowest BCUT2D eigenvalue weighted by Gasteiger charge is -2.27. The van der Waals surface area contributed by atoms with Gasteiger partial charge in [0.2, 0.25) is 5.91 Å². The van der Waals surface area contributed by atoms with Gasteiger partial charge in [0.05, 0.1) is 5.92 Å². The lowest BCUT2D eigenvalue weighted by Crippen LogP contribution is -2.36. The van der Waals surface area contributed by atoms with E-state index in [1.165, 1.54) is 7.05 Å². The van der Waals surface area contributed by atoms with Crippen molar-refractivity contribution in [3.8, 4) is 0 Å². The summed E-state index contributed by atoms with van der Waals surface area (Å²) in [6.45, 7) is 0. The third-order valence-corrected chi connectivity index (χ3v) is 2.34. The second kappa shape index (κ2) is 4.20. The first-order valence-electron chi connectivity index (χ1n) is 4.49. The molecule has 0 radical (unpaired) electrons. The molecule has 0 aliphatic heterocycles. The van der Waals surface area contributed by atoms with Crippen molar-refractivity contribution >= 4 is 5.91 Å². The number of likely N-dealkylation sites (N-methyl/N-ethyl adjacent to an activating group) is 1. The Bertz CT molecular complexity index is 284. The number of carbonyl (C=O) groups is 1. The third-order valence-electron chi connectivity index (χ3n) is 2.34. The van der Waals surface area contributed by atoms with E-state index in [1.54, 1.807) is 0 Å². The van der Waals surface area contributed by atoms with Crippen LogP contribution < -0.4 is 5.32 Å². The molecule has 1 rings (SSSR count). The van der Waals surface area contributed by atoms with Crippen molar-refractivity contribution in [1.82, 2.24) is 5.32 Å². The molecular formula is C9H11F4NO. The minimum absolute atomic E-state index is 0.130. The van der Waals surface area contributed by atoms with Gasteiger partial charge in [-0.2, -0.15) is 13.2 Å². The van der Waals surface area contributed by atoms with Gasteiger partial charge in [-0.05, 0) is 12.8 Å². The fourth-order valence-corrected chi connectivity index (χ4v) is 1.58. The molecule has 0 heterocycles. The van der Waals surface area contributed by atoms with Crippen molar-refractivity contribution < 1.29 is 22.4 Å². The number of rotatable bonds is 1. The monoisotopic (exact) mass is 225 g/mol. The number of halogens is 4. The summed E-state index contributed by atoms with van der Waals surface area (Å²) < 4.78 is 50.3. The largest absolute Gasteiger partial charge is 0.396 e. The van der Waals surface area contributed by atoms with E-state index in [0.717, 1.165) is 6.08 Å². The van der Waals surface area contributed by atoms with Gasteiger partial charge in [0.15, 0.2) is 0 Å². The predicted octanol–water partition coefficient (Wildman–Crippen LogP) is 1.97. The zero-order chi connectivity index (χ0) is 11.6. The highest BCUT2D eigenvalue weighted by Gasteiger charge is 2.46. The molecule has 6 heteroatoms. The summed E-state index contributed by atoms with van der Waals surface area (Å²) in [5.74, 6) is -2.77. The lowest BCUT2D eigenvalue weighted by atomic mass is 9.85. The van der Waals surface area contributed by atoms with Gasteiger partial charge in [0, 0.05) is 12.6 Å². The van der Waals surface area contributed by atoms with Gasteiger partial charge in [0.1, 0.15) is 6.17 Å². The van der Waals surface area contributed by atoms with Gasteiger partial charge >= 0.3 is 6.18 Å². The summed E-state index contributed by atoms with van der Waals surface area (Å²) in [4.78, 5) is 11.1. The fourth-order valence-electron chi connectivity index (χ4n) is 1.58. The Hall–Kier alpha value is -1.07. The van der Waals surface area contributed by atoms with E-state index in [2.05, 4.69) is 5.32 Å². The molecule has 2 nitrogen and oxygen atoms in total. The highest BCUT2D eigenvalue weighted by Crippen LogP contribution is 2.39. The van der Waals surface area contributed by atoms with Crippen molar-refractivity contribution in [3.63, 3.8) is 0 Å². The summed E-state index contributed by atoms with van der Waals surface area (Å²) >= 11 is 0. The second-order valence-electron chi connectivity index (χ2n) is 3.40. The molecule has 0 aromatic heterocycles. The zero-order valence-electron chi connectivity index (χ0n) is 8.07. The highest BCUT2D eigenvalue weighted by atomic mass is 19.4. The fraction of sp³-hybridized carbons (Fsp3) is 0.667. The van der Waals surface area contributed by atoms with E-state index < -0.39 is 30.6 Å². The maximum atomic E-state index is 12.8. The average Bonchev–Trinajstić information content (AvgIpc) is 2.15. The molecule has 1 aliphatic rings. The minimum atomic E-state index is -4.57. The summed E-state index contributed by atoms with van der Waals surface area (Å²) in [6, 6.07) is 0. The molecule has 1 aliphatic carbocycles. The SMILES string of the molecule is CNC(=O)C1=CCC(F)CC1C(F)(F)F. The van der Waals surface area contributed by atoms with Crippen molar-refractivity contribution in [1.29, 1.82) is 0 Å². The number of hydrogen-bond donors (Lipinski definition) is 1. The molecule has 0 bridgehead atoms. The maximum absolute atomic E-state index is 12.8. The summed E-state index contributed by atoms with van der Waals surface area (Å²) in [5, 5.41) is 2.12. The molecule has 0 aromatic carbocycles. The predicted molar refractivity (Wildman–Crippen MR) is 45.8 cm³/mol. The van der Waals surface area contributed by atoms with Crippen LogP contribution in [0.3, 0.4) is 0 Å². The van der Waals surface area contributed by atoms with Crippen LogP contribution >= 0.6 is 0 Å². The van der Waals surface area contributed by atoms with Crippen LogP contribution in [0, 0.1) is 5.92 Å². The molecule has 2 atom stereocenters. The molecule has 0 saturated heterocycles. The van der Waals surface area contributed by atoms with Crippen LogP contribution in [0.25, 0.3) is 0 Å². The number of carbonyl (C=O) groups excluding carboxylic acids is 1. The molecule has 1 amide bonds. The molecular weight excluding hydrogens is 214 g/mol. The first-order chi connectivity index (χ1) is 6.86. The summed E-state index contributed by atoms with van der Waals surface area (Å²) in [5.41, 5.74) is -0.376. The van der Waals surface area contributed by atoms with Crippen LogP contribution in [0.2, 0.25) is 0 Å². The van der Waals surface area contributed by atoms with Crippen molar-refractivity contribution in [2.75, 3.05) is 7.05 Å². The van der Waals surface area contributed by atoms with Crippen LogP contribution in [0.4, 0.5) is 17.6 Å². The van der Waals surface area contributed by atoms with Crippen LogP contribution in [-0.2, 0) is 4.79 Å². The Morgan fingerprint density at radius 2 is 2.13 bits per heavy atom. The van der Waals surface area contributed by atoms with E-state index in [9.17, 15) is 22.4 Å². The van der Waals surface area contributed by atoms with Crippen molar-refractivity contribution in [2.24, 2.45) is 5.92 Å². The van der Waals surface area contributed by atoms with Gasteiger partial charge in [-0.25, -0.2) is 4.39 Å². The van der Waals surface area contributed by atoms with Gasteiger partial charge in [-0.15, -0.1) is 0 Å². The first-order valence-corrected chi connectivity index (χ1v) is 4.49. The van der Waals surface area contributed by atoms with E-state index in [-0.39, 0.29) is 12.0 Å². The zero-order valence-corrected chi connectivity index (χ0v) is 8.07. The molecule has 0 spiro atoms. The Balaban J connectivity index is 2.95. The van der Waals surface area contributed by atoms with Gasteiger partial charge in [0.25, 0.3) is 0 Å². The van der Waals surface area contributed by atoms with Crippen LogP contribution in [0.1, 0.15) is 12.8 Å². The Morgan fingerprint density at radius 3 is 2.60 bits per heavy atom. The maximum Gasteiger partial charge on any atom is 0.396 e. The third kappa shape index (κ3) is 2.70. The molecule has 2 unspecified atom stereocenters. The van der Waals surface area contributed by atoms with Gasteiger partial charge < -0.3 is 5.32 Å². The minimum Gasteiger partial charge on any atom is -0.355 e. The van der Waals surface area contributed by atoms with E-state index >= 15 is 0 Å². The summed E-state index contributed by atoms with van der Waals surface area (Å²) in [7, 11) is 1.25. The second-order valence-corrected chi connectivity index (χ2v) is 3.40. The van der Waals surface area contributed by atoms with Crippen LogP contribution in [0.5, 0.6) is 0 Å². The molecule has 0 fully saturated rings. The Morgan fingerprint density at radius 1 is 1.53 bits per heavy atom. The number of nitrogens with one attached hydrogen (secondary N) is 1. The van der Waals surface area contributed by atoms with Crippen LogP contribution in [-0.4, -0.2) is 25.3 Å². The number of alkyl halides is 4. The number of hydrogen-bond acceptors (Lipinski definition) is 1. The number of amides is 1. The molecule has 0 saturated carbocycles. The van der Waals surface area contributed by atoms with E-state index in [0.29, 0.717) is 0 Å². The quantitative estimate of drug-likeness (QED) is 0.679. The van der Waals surface area contributed by atoms with Crippen LogP contribution in [0.15, 0.2) is 11.6 Å². The summed E-state index contributed by atoms with van der Waals surface area (Å²) in [6.07, 6.45) is -5.85.